The number of hydrogen-bond acceptors (Lipinski definition) is 6. The third kappa shape index (κ3) is 5.76. The fourth-order valence-corrected chi connectivity index (χ4v) is 1.11. The van der Waals surface area contributed by atoms with Crippen molar-refractivity contribution >= 4 is 11.8 Å². The molecule has 2 saturated heterocycles. The van der Waals surface area contributed by atoms with E-state index in [0.29, 0.717) is 19.8 Å². The first-order valence-electron chi connectivity index (χ1n) is 5.11. The third-order valence-electron chi connectivity index (χ3n) is 2.05. The third-order valence-corrected chi connectivity index (χ3v) is 2.05. The van der Waals surface area contributed by atoms with Gasteiger partial charge in [0.1, 0.15) is 18.8 Å². The summed E-state index contributed by atoms with van der Waals surface area (Å²) in [5.74, 6) is -0.150. The van der Waals surface area contributed by atoms with Crippen molar-refractivity contribution in [1.82, 2.24) is 0 Å². The van der Waals surface area contributed by atoms with Crippen molar-refractivity contribution in [3.63, 3.8) is 0 Å². The zero-order valence-corrected chi connectivity index (χ0v) is 9.23. The second-order valence-corrected chi connectivity index (χ2v) is 3.73. The van der Waals surface area contributed by atoms with E-state index in [1.807, 2.05) is 0 Å². The predicted molar refractivity (Wildman–Crippen MR) is 59.6 cm³/mol. The fourth-order valence-electron chi connectivity index (χ4n) is 1.11. The summed E-state index contributed by atoms with van der Waals surface area (Å²) >= 11 is 0. The van der Waals surface area contributed by atoms with E-state index in [9.17, 15) is 14.7 Å². The molecule has 2 fully saturated rings. The summed E-state index contributed by atoms with van der Waals surface area (Å²) in [5.41, 5.74) is -0.952. The Hall–Kier alpha value is -0.980. The molecule has 0 atom stereocenters. The maximum Gasteiger partial charge on any atom is 0.308 e. The van der Waals surface area contributed by atoms with Gasteiger partial charge >= 0.3 is 5.97 Å². The summed E-state index contributed by atoms with van der Waals surface area (Å²) in [7, 11) is 0. The molecule has 2 rings (SSSR count). The number of esters is 1. The lowest BCUT2D eigenvalue weighted by Gasteiger charge is -2.35. The summed E-state index contributed by atoms with van der Waals surface area (Å²) in [4.78, 5) is 20.6. The van der Waals surface area contributed by atoms with Gasteiger partial charge in [0.2, 0.25) is 0 Å². The molecular formula is C11H20O6. The minimum absolute atomic E-state index is 0. The predicted octanol–water partition coefficient (Wildman–Crippen LogP) is -0.0773. The molecule has 0 aromatic heterocycles. The first kappa shape index (κ1) is 16.0. The summed E-state index contributed by atoms with van der Waals surface area (Å²) in [5, 5.41) is 9.38. The van der Waals surface area contributed by atoms with Gasteiger partial charge in [-0.15, -0.1) is 0 Å². The van der Waals surface area contributed by atoms with Gasteiger partial charge in [0.15, 0.2) is 5.78 Å². The van der Waals surface area contributed by atoms with E-state index in [1.54, 1.807) is 6.92 Å². The first-order valence-corrected chi connectivity index (χ1v) is 5.11. The second kappa shape index (κ2) is 7.37. The van der Waals surface area contributed by atoms with Gasteiger partial charge in [0, 0.05) is 0 Å². The van der Waals surface area contributed by atoms with E-state index in [-0.39, 0.29) is 38.8 Å². The lowest BCUT2D eigenvalue weighted by atomic mass is 9.98. The average Bonchev–Trinajstić information content (AvgIpc) is 2.13. The van der Waals surface area contributed by atoms with Gasteiger partial charge in [-0.25, -0.2) is 0 Å². The Morgan fingerprint density at radius 3 is 2.18 bits per heavy atom. The minimum atomic E-state index is -0.952. The number of hydrogen-bond donors (Lipinski definition) is 1. The van der Waals surface area contributed by atoms with Crippen LogP contribution in [0.1, 0.15) is 20.8 Å². The normalized spacial score (nSPS) is 19.8. The Labute approximate surface area is 101 Å². The molecule has 0 saturated carbocycles. The van der Waals surface area contributed by atoms with Crippen LogP contribution in [0.25, 0.3) is 0 Å². The highest BCUT2D eigenvalue weighted by Gasteiger charge is 2.38. The molecule has 100 valence electrons. The second-order valence-electron chi connectivity index (χ2n) is 3.73. The molecule has 2 aliphatic rings. The van der Waals surface area contributed by atoms with E-state index in [1.165, 1.54) is 0 Å². The molecule has 1 N–H and O–H groups in total. The zero-order valence-electron chi connectivity index (χ0n) is 9.23. The SMILES string of the molecule is C.CCOC(=O)CC1(O)COC1.O=C1COC1. The maximum atomic E-state index is 10.8. The van der Waals surface area contributed by atoms with Gasteiger partial charge in [-0.2, -0.15) is 0 Å². The summed E-state index contributed by atoms with van der Waals surface area (Å²) in [6, 6.07) is 0. The van der Waals surface area contributed by atoms with E-state index >= 15 is 0 Å². The zero-order chi connectivity index (χ0) is 12.0. The van der Waals surface area contributed by atoms with Gasteiger partial charge in [-0.3, -0.25) is 9.59 Å². The van der Waals surface area contributed by atoms with Crippen molar-refractivity contribution in [1.29, 1.82) is 0 Å². The molecule has 17 heavy (non-hydrogen) atoms. The summed E-state index contributed by atoms with van der Waals surface area (Å²) in [6.45, 7) is 3.27. The Morgan fingerprint density at radius 1 is 1.41 bits per heavy atom. The van der Waals surface area contributed by atoms with Crippen LogP contribution < -0.4 is 0 Å². The molecular weight excluding hydrogens is 228 g/mol. The minimum Gasteiger partial charge on any atom is -0.466 e. The van der Waals surface area contributed by atoms with Gasteiger partial charge in [-0.1, -0.05) is 7.43 Å². The molecule has 0 bridgehead atoms. The van der Waals surface area contributed by atoms with Crippen LogP contribution in [0, 0.1) is 0 Å². The Morgan fingerprint density at radius 2 is 1.94 bits per heavy atom. The number of ether oxygens (including phenoxy) is 3. The molecule has 6 heteroatoms. The number of aliphatic hydroxyl groups is 1. The molecule has 0 aromatic rings. The topological polar surface area (TPSA) is 82.1 Å². The molecule has 0 aliphatic carbocycles. The number of carbonyl (C=O) groups is 2. The molecule has 0 aromatic carbocycles. The smallest absolute Gasteiger partial charge is 0.308 e. The number of Topliss-reactive ketones (excluding diaryl/α,β-unsaturated/α-hetero) is 1. The summed E-state index contributed by atoms with van der Waals surface area (Å²) < 4.78 is 13.9. The first-order chi connectivity index (χ1) is 7.56. The standard InChI is InChI=1S/C7H12O4.C3H4O2.CH4/c1-2-11-6(8)3-7(9)4-10-5-7;4-3-1-5-2-3;/h9H,2-5H2,1H3;1-2H2;1H4. The van der Waals surface area contributed by atoms with E-state index < -0.39 is 5.60 Å². The van der Waals surface area contributed by atoms with Crippen LogP contribution in [0.15, 0.2) is 0 Å². The number of ketones is 1. The van der Waals surface area contributed by atoms with Crippen LogP contribution in [-0.4, -0.2) is 55.5 Å². The van der Waals surface area contributed by atoms with Crippen LogP contribution in [0.2, 0.25) is 0 Å². The average molecular weight is 248 g/mol. The molecule has 0 unspecified atom stereocenters. The van der Waals surface area contributed by atoms with E-state index in [4.69, 9.17) is 4.74 Å². The molecule has 6 nitrogen and oxygen atoms in total. The Kier molecular flexibility index (Phi) is 6.94. The van der Waals surface area contributed by atoms with Crippen molar-refractivity contribution < 1.29 is 28.9 Å². The van der Waals surface area contributed by atoms with Crippen molar-refractivity contribution in [2.45, 2.75) is 26.4 Å². The van der Waals surface area contributed by atoms with Gasteiger partial charge in [-0.05, 0) is 6.92 Å². The molecule has 2 aliphatic heterocycles. The largest absolute Gasteiger partial charge is 0.466 e. The van der Waals surface area contributed by atoms with E-state index in [0.717, 1.165) is 0 Å². The Balaban J connectivity index is 0.000000360. The molecule has 0 spiro atoms. The highest BCUT2D eigenvalue weighted by molar-refractivity contribution is 5.84. The maximum absolute atomic E-state index is 10.8. The van der Waals surface area contributed by atoms with Gasteiger partial charge < -0.3 is 19.3 Å². The fraction of sp³-hybridized carbons (Fsp3) is 0.818. The van der Waals surface area contributed by atoms with Crippen LogP contribution >= 0.6 is 0 Å². The van der Waals surface area contributed by atoms with Crippen molar-refractivity contribution in [3.05, 3.63) is 0 Å². The quantitative estimate of drug-likeness (QED) is 0.704. The van der Waals surface area contributed by atoms with E-state index in [2.05, 4.69) is 9.47 Å². The lowest BCUT2D eigenvalue weighted by Crippen LogP contribution is -2.51. The van der Waals surface area contributed by atoms with Gasteiger partial charge in [0.05, 0.1) is 26.2 Å². The summed E-state index contributed by atoms with van der Waals surface area (Å²) in [6.07, 6.45) is 0.0425. The van der Waals surface area contributed by atoms with Crippen molar-refractivity contribution in [2.24, 2.45) is 0 Å². The van der Waals surface area contributed by atoms with Crippen LogP contribution in [-0.2, 0) is 23.8 Å². The van der Waals surface area contributed by atoms with Crippen LogP contribution in [0.4, 0.5) is 0 Å². The van der Waals surface area contributed by atoms with Crippen molar-refractivity contribution in [3.8, 4) is 0 Å². The number of carbonyl (C=O) groups excluding carboxylic acids is 2. The highest BCUT2D eigenvalue weighted by atomic mass is 16.6. The lowest BCUT2D eigenvalue weighted by molar-refractivity contribution is -0.192. The Bertz CT molecular complexity index is 253. The number of rotatable bonds is 3. The molecule has 2 heterocycles. The van der Waals surface area contributed by atoms with Crippen molar-refractivity contribution in [2.75, 3.05) is 33.0 Å². The highest BCUT2D eigenvalue weighted by Crippen LogP contribution is 2.20. The monoisotopic (exact) mass is 248 g/mol. The van der Waals surface area contributed by atoms with Gasteiger partial charge in [0.25, 0.3) is 0 Å². The van der Waals surface area contributed by atoms with Crippen LogP contribution in [0.3, 0.4) is 0 Å². The molecule has 0 amide bonds. The van der Waals surface area contributed by atoms with Crippen LogP contribution in [0.5, 0.6) is 0 Å². The molecule has 0 radical (unpaired) electrons.